The minimum absolute atomic E-state index is 0.206. The summed E-state index contributed by atoms with van der Waals surface area (Å²) in [5.74, 6) is -1.06. The van der Waals surface area contributed by atoms with Crippen LogP contribution in [0.4, 0.5) is 10.1 Å². The molecule has 2 aromatic carbocycles. The zero-order chi connectivity index (χ0) is 18.5. The molecular weight excluding hydrogens is 355 g/mol. The van der Waals surface area contributed by atoms with Gasteiger partial charge in [-0.05, 0) is 42.8 Å². The minimum Gasteiger partial charge on any atom is -0.348 e. The SMILES string of the molecule is Cc1nnc(C(=O)Nc2cccc(C(=O)NCc3cccc(F)c3)c2)s1. The predicted octanol–water partition coefficient (Wildman–Crippen LogP) is 3.17. The first-order chi connectivity index (χ1) is 12.5. The van der Waals surface area contributed by atoms with Gasteiger partial charge in [0, 0.05) is 17.8 Å². The lowest BCUT2D eigenvalue weighted by Crippen LogP contribution is -2.23. The number of carbonyl (C=O) groups excluding carboxylic acids is 2. The van der Waals surface area contributed by atoms with Gasteiger partial charge in [0.25, 0.3) is 11.8 Å². The molecule has 0 aliphatic carbocycles. The van der Waals surface area contributed by atoms with Crippen LogP contribution in [0.25, 0.3) is 0 Å². The highest BCUT2D eigenvalue weighted by atomic mass is 32.1. The average molecular weight is 370 g/mol. The van der Waals surface area contributed by atoms with Crippen molar-refractivity contribution in [1.29, 1.82) is 0 Å². The van der Waals surface area contributed by atoms with Crippen LogP contribution < -0.4 is 10.6 Å². The fourth-order valence-electron chi connectivity index (χ4n) is 2.24. The van der Waals surface area contributed by atoms with Crippen molar-refractivity contribution in [2.75, 3.05) is 5.32 Å². The maximum Gasteiger partial charge on any atom is 0.286 e. The lowest BCUT2D eigenvalue weighted by atomic mass is 10.1. The maximum absolute atomic E-state index is 13.2. The third-order valence-corrected chi connectivity index (χ3v) is 4.28. The van der Waals surface area contributed by atoms with Gasteiger partial charge in [0.2, 0.25) is 5.01 Å². The molecule has 0 fully saturated rings. The van der Waals surface area contributed by atoms with Crippen molar-refractivity contribution in [3.05, 3.63) is 75.5 Å². The van der Waals surface area contributed by atoms with Crippen LogP contribution in [0, 0.1) is 12.7 Å². The van der Waals surface area contributed by atoms with Crippen molar-refractivity contribution in [3.8, 4) is 0 Å². The molecule has 2 amide bonds. The summed E-state index contributed by atoms with van der Waals surface area (Å²) in [4.78, 5) is 24.4. The van der Waals surface area contributed by atoms with E-state index in [2.05, 4.69) is 20.8 Å². The number of benzene rings is 2. The summed E-state index contributed by atoms with van der Waals surface area (Å²) in [6.07, 6.45) is 0. The molecule has 0 unspecified atom stereocenters. The molecule has 0 saturated carbocycles. The lowest BCUT2D eigenvalue weighted by molar-refractivity contribution is 0.0949. The van der Waals surface area contributed by atoms with Crippen molar-refractivity contribution >= 4 is 28.8 Å². The van der Waals surface area contributed by atoms with E-state index in [9.17, 15) is 14.0 Å². The summed E-state index contributed by atoms with van der Waals surface area (Å²) in [6.45, 7) is 1.97. The topological polar surface area (TPSA) is 84.0 Å². The summed E-state index contributed by atoms with van der Waals surface area (Å²) in [7, 11) is 0. The van der Waals surface area contributed by atoms with Crippen LogP contribution >= 0.6 is 11.3 Å². The summed E-state index contributed by atoms with van der Waals surface area (Å²) in [5.41, 5.74) is 1.52. The molecule has 3 aromatic rings. The molecule has 1 aromatic heterocycles. The second-order valence-electron chi connectivity index (χ2n) is 5.47. The van der Waals surface area contributed by atoms with Crippen LogP contribution in [-0.2, 0) is 6.54 Å². The predicted molar refractivity (Wildman–Crippen MR) is 96.6 cm³/mol. The van der Waals surface area contributed by atoms with Gasteiger partial charge in [-0.2, -0.15) is 0 Å². The summed E-state index contributed by atoms with van der Waals surface area (Å²) in [5, 5.41) is 13.9. The van der Waals surface area contributed by atoms with Crippen LogP contribution in [-0.4, -0.2) is 22.0 Å². The Morgan fingerprint density at radius 3 is 2.62 bits per heavy atom. The third kappa shape index (κ3) is 4.48. The smallest absolute Gasteiger partial charge is 0.286 e. The Morgan fingerprint density at radius 1 is 1.08 bits per heavy atom. The van der Waals surface area contributed by atoms with Crippen molar-refractivity contribution in [2.45, 2.75) is 13.5 Å². The van der Waals surface area contributed by atoms with Crippen LogP contribution in [0.5, 0.6) is 0 Å². The van der Waals surface area contributed by atoms with Crippen molar-refractivity contribution in [2.24, 2.45) is 0 Å². The first-order valence-corrected chi connectivity index (χ1v) is 8.57. The minimum atomic E-state index is -0.382. The molecule has 0 saturated heterocycles. The van der Waals surface area contributed by atoms with Crippen LogP contribution in [0.3, 0.4) is 0 Å². The Balaban J connectivity index is 1.64. The van der Waals surface area contributed by atoms with Gasteiger partial charge in [0.1, 0.15) is 10.8 Å². The largest absolute Gasteiger partial charge is 0.348 e. The molecule has 0 spiro atoms. The number of carbonyl (C=O) groups is 2. The molecule has 8 heteroatoms. The molecule has 0 aliphatic heterocycles. The van der Waals surface area contributed by atoms with Crippen LogP contribution in [0.15, 0.2) is 48.5 Å². The lowest BCUT2D eigenvalue weighted by Gasteiger charge is -2.08. The molecule has 0 atom stereocenters. The number of nitrogens with zero attached hydrogens (tertiary/aromatic N) is 2. The normalized spacial score (nSPS) is 10.4. The van der Waals surface area contributed by atoms with E-state index in [-0.39, 0.29) is 29.2 Å². The van der Waals surface area contributed by atoms with Gasteiger partial charge >= 0.3 is 0 Å². The number of halogens is 1. The number of aryl methyl sites for hydroxylation is 1. The molecule has 26 heavy (non-hydrogen) atoms. The van der Waals surface area contributed by atoms with E-state index in [1.54, 1.807) is 43.3 Å². The first kappa shape index (κ1) is 17.7. The maximum atomic E-state index is 13.2. The van der Waals surface area contributed by atoms with Gasteiger partial charge in [-0.1, -0.05) is 29.5 Å². The summed E-state index contributed by atoms with van der Waals surface area (Å²) < 4.78 is 13.2. The van der Waals surface area contributed by atoms with E-state index in [4.69, 9.17) is 0 Å². The van der Waals surface area contributed by atoms with Crippen molar-refractivity contribution < 1.29 is 14.0 Å². The molecule has 132 valence electrons. The van der Waals surface area contributed by atoms with E-state index in [0.717, 1.165) is 0 Å². The second-order valence-corrected chi connectivity index (χ2v) is 6.66. The zero-order valence-electron chi connectivity index (χ0n) is 13.8. The van der Waals surface area contributed by atoms with Crippen molar-refractivity contribution in [1.82, 2.24) is 15.5 Å². The van der Waals surface area contributed by atoms with E-state index in [0.29, 0.717) is 21.8 Å². The van der Waals surface area contributed by atoms with Gasteiger partial charge < -0.3 is 10.6 Å². The number of hydrogen-bond donors (Lipinski definition) is 2. The van der Waals surface area contributed by atoms with E-state index in [1.165, 1.54) is 23.5 Å². The quantitative estimate of drug-likeness (QED) is 0.723. The number of nitrogens with one attached hydrogen (secondary N) is 2. The van der Waals surface area contributed by atoms with Crippen molar-refractivity contribution in [3.63, 3.8) is 0 Å². The third-order valence-electron chi connectivity index (χ3n) is 3.44. The molecule has 6 nitrogen and oxygen atoms in total. The van der Waals surface area contributed by atoms with Gasteiger partial charge in [-0.15, -0.1) is 10.2 Å². The summed E-state index contributed by atoms with van der Waals surface area (Å²) in [6, 6.07) is 12.6. The molecule has 0 bridgehead atoms. The Bertz CT molecular complexity index is 958. The zero-order valence-corrected chi connectivity index (χ0v) is 14.6. The van der Waals surface area contributed by atoms with E-state index in [1.807, 2.05) is 0 Å². The Kier molecular flexibility index (Phi) is 5.33. The number of amides is 2. The number of anilines is 1. The molecule has 1 heterocycles. The highest BCUT2D eigenvalue weighted by Crippen LogP contribution is 2.14. The molecular formula is C18H15FN4O2S. The van der Waals surface area contributed by atoms with Gasteiger partial charge in [0.15, 0.2) is 0 Å². The van der Waals surface area contributed by atoms with E-state index >= 15 is 0 Å². The number of aromatic nitrogens is 2. The van der Waals surface area contributed by atoms with E-state index < -0.39 is 0 Å². The average Bonchev–Trinajstić information content (AvgIpc) is 3.06. The highest BCUT2D eigenvalue weighted by molar-refractivity contribution is 7.13. The van der Waals surface area contributed by atoms with Gasteiger partial charge in [-0.25, -0.2) is 4.39 Å². The fraction of sp³-hybridized carbons (Fsp3) is 0.111. The molecule has 0 radical (unpaired) electrons. The second kappa shape index (κ2) is 7.83. The molecule has 3 rings (SSSR count). The Labute approximate surface area is 153 Å². The Hall–Kier alpha value is -3.13. The highest BCUT2D eigenvalue weighted by Gasteiger charge is 2.13. The molecule has 2 N–H and O–H groups in total. The fourth-order valence-corrected chi connectivity index (χ4v) is 2.83. The monoisotopic (exact) mass is 370 g/mol. The standard InChI is InChI=1S/C18H15FN4O2S/c1-11-22-23-18(26-11)17(25)21-15-7-3-5-13(9-15)16(24)20-10-12-4-2-6-14(19)8-12/h2-9H,10H2,1H3,(H,20,24)(H,21,25). The van der Waals surface area contributed by atoms with Crippen LogP contribution in [0.1, 0.15) is 30.7 Å². The summed E-state index contributed by atoms with van der Waals surface area (Å²) >= 11 is 1.19. The van der Waals surface area contributed by atoms with Gasteiger partial charge in [0.05, 0.1) is 0 Å². The molecule has 0 aliphatic rings. The first-order valence-electron chi connectivity index (χ1n) is 7.75. The Morgan fingerprint density at radius 2 is 1.88 bits per heavy atom. The van der Waals surface area contributed by atoms with Crippen LogP contribution in [0.2, 0.25) is 0 Å². The number of hydrogen-bond acceptors (Lipinski definition) is 5. The van der Waals surface area contributed by atoms with Gasteiger partial charge in [-0.3, -0.25) is 9.59 Å². The number of rotatable bonds is 5.